The van der Waals surface area contributed by atoms with Gasteiger partial charge in [0.15, 0.2) is 11.5 Å². The van der Waals surface area contributed by atoms with Gasteiger partial charge in [0.05, 0.1) is 31.8 Å². The van der Waals surface area contributed by atoms with Gasteiger partial charge in [-0.3, -0.25) is 19.0 Å². The molecule has 324 valence electrons. The Hall–Kier alpha value is -7.58. The Morgan fingerprint density at radius 3 is 1.05 bits per heavy atom. The van der Waals surface area contributed by atoms with E-state index in [0.717, 1.165) is 22.5 Å². The Morgan fingerprint density at radius 2 is 0.682 bits per heavy atom. The minimum Gasteiger partial charge on any atom is -0.417 e. The number of nitrogens with zero attached hydrogens (tertiary/aromatic N) is 5. The van der Waals surface area contributed by atoms with E-state index < -0.39 is 23.3 Å². The van der Waals surface area contributed by atoms with Gasteiger partial charge in [-0.15, -0.1) is 4.86 Å². The Labute approximate surface area is 383 Å². The van der Waals surface area contributed by atoms with Crippen LogP contribution in [0.25, 0.3) is 33.9 Å². The molecule has 9 aromatic rings. The molecule has 4 heterocycles. The van der Waals surface area contributed by atoms with Crippen molar-refractivity contribution < 1.29 is 27.1 Å². The highest BCUT2D eigenvalue weighted by Crippen LogP contribution is 2.80. The number of pyridine rings is 3. The number of hydrogen-bond acceptors (Lipinski definition) is 12. The van der Waals surface area contributed by atoms with Gasteiger partial charge in [0.1, 0.15) is 23.0 Å². The third kappa shape index (κ3) is 10.2. The zero-order chi connectivity index (χ0) is 44.5. The minimum atomic E-state index is -3.98. The number of benzene rings is 6. The average Bonchev–Trinajstić information content (AvgIpc) is 3.36. The summed E-state index contributed by atoms with van der Waals surface area (Å²) in [5, 5.41) is 0. The highest BCUT2D eigenvalue weighted by Gasteiger charge is 2.63. The first-order chi connectivity index (χ1) is 32.5. The molecule has 1 atom stereocenters. The first kappa shape index (κ1) is 42.4. The average molecular weight is 926 g/mol. The van der Waals surface area contributed by atoms with Crippen molar-refractivity contribution in [3.63, 3.8) is 0 Å². The van der Waals surface area contributed by atoms with Crippen LogP contribution >= 0.6 is 23.3 Å². The summed E-state index contributed by atoms with van der Waals surface area (Å²) in [5.41, 5.74) is 4.68. The van der Waals surface area contributed by atoms with Crippen molar-refractivity contribution in [3.05, 3.63) is 237 Å². The second-order valence-corrected chi connectivity index (χ2v) is 20.9. The molecule has 1 N–H and O–H groups in total. The summed E-state index contributed by atoms with van der Waals surface area (Å²) >= 11 is 0. The molecule has 10 rings (SSSR count). The van der Waals surface area contributed by atoms with Gasteiger partial charge in [-0.1, -0.05) is 115 Å². The van der Waals surface area contributed by atoms with Gasteiger partial charge >= 0.3 is 23.3 Å². The lowest BCUT2D eigenvalue weighted by Crippen LogP contribution is -2.26. The van der Waals surface area contributed by atoms with E-state index in [1.807, 2.05) is 224 Å². The fourth-order valence-electron chi connectivity index (χ4n) is 6.75. The van der Waals surface area contributed by atoms with E-state index in [2.05, 4.69) is 14.8 Å². The lowest BCUT2D eigenvalue weighted by Gasteiger charge is -2.34. The highest BCUT2D eigenvalue weighted by atomic mass is 31.3. The predicted octanol–water partition coefficient (Wildman–Crippen LogP) is 14.8. The third-order valence-corrected chi connectivity index (χ3v) is 18.1. The van der Waals surface area contributed by atoms with Crippen LogP contribution in [-0.2, 0) is 0 Å². The molecule has 0 fully saturated rings. The van der Waals surface area contributed by atoms with Gasteiger partial charge in [-0.05, 0) is 120 Å². The van der Waals surface area contributed by atoms with E-state index in [9.17, 15) is 0 Å². The van der Waals surface area contributed by atoms with Crippen LogP contribution in [0.3, 0.4) is 0 Å². The lowest BCUT2D eigenvalue weighted by molar-refractivity contribution is 0.425. The molecule has 0 amide bonds. The molecule has 1 aliphatic heterocycles. The van der Waals surface area contributed by atoms with Crippen molar-refractivity contribution in [2.75, 3.05) is 0 Å². The van der Waals surface area contributed by atoms with Gasteiger partial charge in [0.25, 0.3) is 0 Å². The summed E-state index contributed by atoms with van der Waals surface area (Å²) in [4.78, 5) is 17.7. The lowest BCUT2D eigenvalue weighted by atomic mass is 10.0. The Bertz CT molecular complexity index is 2990. The molecule has 0 saturated heterocycles. The first-order valence-electron chi connectivity index (χ1n) is 20.8. The number of nitrogens with one attached hydrogen (secondary N) is 1. The smallest absolute Gasteiger partial charge is 0.417 e. The monoisotopic (exact) mass is 925 g/mol. The number of aromatic nitrogens is 3. The van der Waals surface area contributed by atoms with Crippen LogP contribution in [0.4, 0.5) is 0 Å². The fraction of sp³-hybridized carbons (Fsp3) is 0. The summed E-state index contributed by atoms with van der Waals surface area (Å²) in [6.45, 7) is 0. The van der Waals surface area contributed by atoms with Crippen LogP contribution < -0.4 is 32.0 Å². The standard InChI is InChI=1S/C51H40N6O6P3/c1-6-20-42(21-7-1)58-64(59-43-22-8-2-9-23-43)55-65(60-44-24-10-3-11-25-44,61-45-26-12-4-13-27-45)57-66(56-64,62-46-28-14-5-15-29-46)63-47-34-32-40(33-35-47)41-38-50(48-30-16-18-36-52-48)54-51(39-41)49-31-17-19-37-53-49/h1-39,56H/q+1/t66-/m1/s1. The van der Waals surface area contributed by atoms with Gasteiger partial charge in [-0.2, -0.15) is 0 Å². The van der Waals surface area contributed by atoms with Gasteiger partial charge in [0, 0.05) is 12.4 Å². The van der Waals surface area contributed by atoms with Crippen LogP contribution in [0.2, 0.25) is 0 Å². The summed E-state index contributed by atoms with van der Waals surface area (Å²) in [7, 11) is -11.8. The fourth-order valence-corrected chi connectivity index (χ4v) is 16.3. The summed E-state index contributed by atoms with van der Waals surface area (Å²) in [6.07, 6.45) is 3.51. The molecule has 0 aliphatic carbocycles. The van der Waals surface area contributed by atoms with Crippen LogP contribution in [0.1, 0.15) is 0 Å². The topological polar surface area (TPSA) is 131 Å². The van der Waals surface area contributed by atoms with Crippen molar-refractivity contribution in [1.29, 1.82) is 0 Å². The second kappa shape index (κ2) is 19.3. The maximum atomic E-state index is 7.14. The van der Waals surface area contributed by atoms with Crippen LogP contribution in [0, 0.1) is 0 Å². The summed E-state index contributed by atoms with van der Waals surface area (Å²) < 4.78 is 52.6. The molecular formula is C51H40N6O6P3+. The quantitative estimate of drug-likeness (QED) is 0.0992. The van der Waals surface area contributed by atoms with Crippen molar-refractivity contribution in [3.8, 4) is 68.4 Å². The molecule has 15 heteroatoms. The van der Waals surface area contributed by atoms with E-state index in [4.69, 9.17) is 41.2 Å². The molecule has 6 aromatic carbocycles. The molecule has 0 saturated carbocycles. The molecule has 0 bridgehead atoms. The SMILES string of the molecule is c1ccc(OP2(Oc3ccccc3)=N[P+](Oc3ccccc3)(Oc3ccccc3)N=[P@](Oc3ccccc3)(Oc3ccc(-c4cc(-c5ccccn5)nc(-c5ccccn5)c4)cc3)N2)cc1. The van der Waals surface area contributed by atoms with Crippen molar-refractivity contribution in [2.24, 2.45) is 9.03 Å². The first-order valence-corrected chi connectivity index (χ1v) is 25.5. The molecule has 3 aromatic heterocycles. The van der Waals surface area contributed by atoms with E-state index in [0.29, 0.717) is 45.9 Å². The van der Waals surface area contributed by atoms with Gasteiger partial charge in [-0.25, -0.2) is 4.98 Å². The summed E-state index contributed by atoms with van der Waals surface area (Å²) in [6, 6.07) is 69.6. The molecule has 0 unspecified atom stereocenters. The molecule has 66 heavy (non-hydrogen) atoms. The van der Waals surface area contributed by atoms with E-state index >= 15 is 0 Å². The maximum absolute atomic E-state index is 7.14. The molecule has 0 radical (unpaired) electrons. The molecule has 1 aliphatic rings. The zero-order valence-corrected chi connectivity index (χ0v) is 37.7. The van der Waals surface area contributed by atoms with E-state index in [-0.39, 0.29) is 0 Å². The normalized spacial score (nSPS) is 15.8. The van der Waals surface area contributed by atoms with Crippen LogP contribution in [-0.4, -0.2) is 15.0 Å². The third-order valence-electron chi connectivity index (χ3n) is 9.66. The van der Waals surface area contributed by atoms with Crippen molar-refractivity contribution in [2.45, 2.75) is 0 Å². The molecule has 0 spiro atoms. The van der Waals surface area contributed by atoms with Crippen molar-refractivity contribution in [1.82, 2.24) is 19.8 Å². The maximum Gasteiger partial charge on any atom is 0.634 e. The number of rotatable bonds is 15. The Kier molecular flexibility index (Phi) is 12.4. The molecular weight excluding hydrogens is 886 g/mol. The van der Waals surface area contributed by atoms with Crippen molar-refractivity contribution >= 4 is 23.3 Å². The van der Waals surface area contributed by atoms with Crippen LogP contribution in [0.5, 0.6) is 34.5 Å². The number of para-hydroxylation sites is 5. The Morgan fingerprint density at radius 1 is 0.333 bits per heavy atom. The summed E-state index contributed by atoms with van der Waals surface area (Å²) in [5.74, 6) is 2.70. The largest absolute Gasteiger partial charge is 0.634 e. The zero-order valence-electron chi connectivity index (χ0n) is 35.0. The highest BCUT2D eigenvalue weighted by molar-refractivity contribution is 7.84. The number of hydrogen-bond donors (Lipinski definition) is 1. The minimum absolute atomic E-state index is 0.417. The second-order valence-electron chi connectivity index (χ2n) is 14.5. The molecule has 12 nitrogen and oxygen atoms in total. The van der Waals surface area contributed by atoms with E-state index in [1.165, 1.54) is 0 Å². The van der Waals surface area contributed by atoms with Crippen LogP contribution in [0.15, 0.2) is 246 Å². The van der Waals surface area contributed by atoms with Gasteiger partial charge < -0.3 is 18.1 Å². The Balaban J connectivity index is 1.15. The van der Waals surface area contributed by atoms with Gasteiger partial charge in [0.2, 0.25) is 0 Å². The van der Waals surface area contributed by atoms with E-state index in [1.54, 1.807) is 12.4 Å². The predicted molar refractivity (Wildman–Crippen MR) is 261 cm³/mol.